The number of amides is 1. The average molecular weight is 244 g/mol. The molecule has 0 fully saturated rings. The van der Waals surface area contributed by atoms with Crippen LogP contribution in [0.4, 0.5) is 0 Å². The smallest absolute Gasteiger partial charge is 0.222 e. The minimum absolute atomic E-state index is 0.166. The van der Waals surface area contributed by atoms with E-state index in [0.29, 0.717) is 19.5 Å². The third kappa shape index (κ3) is 4.23. The fourth-order valence-electron chi connectivity index (χ4n) is 1.67. The number of rotatable bonds is 4. The van der Waals surface area contributed by atoms with E-state index in [4.69, 9.17) is 5.73 Å². The molecule has 0 aliphatic carbocycles. The molecule has 1 amide bonds. The predicted molar refractivity (Wildman–Crippen MR) is 73.8 cm³/mol. The van der Waals surface area contributed by atoms with Crippen LogP contribution >= 0.6 is 0 Å². The predicted octanol–water partition coefficient (Wildman–Crippen LogP) is 1.76. The molecule has 96 valence electrons. The average Bonchev–Trinajstić information content (AvgIpc) is 2.38. The quantitative estimate of drug-likeness (QED) is 0.820. The minimum atomic E-state index is 0.166. The zero-order chi connectivity index (χ0) is 13.4. The van der Waals surface area contributed by atoms with Crippen molar-refractivity contribution < 1.29 is 4.79 Å². The Morgan fingerprint density at radius 3 is 2.78 bits per heavy atom. The molecule has 0 aliphatic heterocycles. The fourth-order valence-corrected chi connectivity index (χ4v) is 1.67. The van der Waals surface area contributed by atoms with Crippen LogP contribution in [0.2, 0.25) is 0 Å². The molecule has 0 saturated heterocycles. The number of benzene rings is 1. The van der Waals surface area contributed by atoms with Crippen molar-refractivity contribution in [2.75, 3.05) is 13.6 Å². The Bertz CT molecular complexity index is 457. The van der Waals surface area contributed by atoms with E-state index >= 15 is 0 Å². The number of carbonyl (C=O) groups is 1. The van der Waals surface area contributed by atoms with Crippen LogP contribution in [0.1, 0.15) is 30.9 Å². The monoisotopic (exact) mass is 244 g/mol. The number of carbonyl (C=O) groups excluding carboxylic acids is 1. The maximum atomic E-state index is 11.7. The van der Waals surface area contributed by atoms with Crippen molar-refractivity contribution in [1.82, 2.24) is 4.90 Å². The highest BCUT2D eigenvalue weighted by Gasteiger charge is 2.09. The lowest BCUT2D eigenvalue weighted by molar-refractivity contribution is -0.130. The molecule has 0 heterocycles. The summed E-state index contributed by atoms with van der Waals surface area (Å²) in [6.45, 7) is 2.94. The lowest BCUT2D eigenvalue weighted by Crippen LogP contribution is -2.26. The Balaban J connectivity index is 2.80. The zero-order valence-corrected chi connectivity index (χ0v) is 11.1. The number of nitrogens with two attached hydrogens (primary N) is 1. The van der Waals surface area contributed by atoms with Gasteiger partial charge in [0.05, 0.1) is 6.54 Å². The molecule has 0 atom stereocenters. The maximum absolute atomic E-state index is 11.7. The first-order chi connectivity index (χ1) is 8.69. The van der Waals surface area contributed by atoms with E-state index in [0.717, 1.165) is 17.5 Å². The van der Waals surface area contributed by atoms with Gasteiger partial charge in [-0.05, 0) is 18.1 Å². The second-order valence-corrected chi connectivity index (χ2v) is 4.16. The van der Waals surface area contributed by atoms with E-state index in [1.165, 1.54) is 0 Å². The van der Waals surface area contributed by atoms with Gasteiger partial charge >= 0.3 is 0 Å². The van der Waals surface area contributed by atoms with E-state index < -0.39 is 0 Å². The summed E-state index contributed by atoms with van der Waals surface area (Å²) in [5.74, 6) is 6.05. The third-order valence-corrected chi connectivity index (χ3v) is 2.64. The molecule has 2 N–H and O–H groups in total. The Labute approximate surface area is 109 Å². The van der Waals surface area contributed by atoms with Crippen LogP contribution in [0.25, 0.3) is 0 Å². The van der Waals surface area contributed by atoms with Gasteiger partial charge in [-0.2, -0.15) is 0 Å². The van der Waals surface area contributed by atoms with Crippen molar-refractivity contribution in [3.63, 3.8) is 0 Å². The fraction of sp³-hybridized carbons (Fsp3) is 0.400. The maximum Gasteiger partial charge on any atom is 0.222 e. The molecule has 1 rings (SSSR count). The largest absolute Gasteiger partial charge is 0.341 e. The summed E-state index contributed by atoms with van der Waals surface area (Å²) in [4.78, 5) is 13.5. The second kappa shape index (κ2) is 7.52. The molecular weight excluding hydrogens is 224 g/mol. The van der Waals surface area contributed by atoms with Crippen LogP contribution in [-0.4, -0.2) is 24.4 Å². The number of nitrogens with zero attached hydrogens (tertiary/aromatic N) is 1. The molecule has 0 radical (unpaired) electrons. The van der Waals surface area contributed by atoms with E-state index in [-0.39, 0.29) is 5.91 Å². The van der Waals surface area contributed by atoms with Crippen LogP contribution in [0.15, 0.2) is 24.3 Å². The first-order valence-corrected chi connectivity index (χ1v) is 6.19. The van der Waals surface area contributed by atoms with Gasteiger partial charge in [0, 0.05) is 25.6 Å². The van der Waals surface area contributed by atoms with Gasteiger partial charge in [0.1, 0.15) is 0 Å². The van der Waals surface area contributed by atoms with Gasteiger partial charge in [0.2, 0.25) is 5.91 Å². The zero-order valence-electron chi connectivity index (χ0n) is 11.1. The second-order valence-electron chi connectivity index (χ2n) is 4.16. The highest BCUT2D eigenvalue weighted by Crippen LogP contribution is 2.10. The lowest BCUT2D eigenvalue weighted by Gasteiger charge is -2.17. The first-order valence-electron chi connectivity index (χ1n) is 6.19. The molecule has 3 nitrogen and oxygen atoms in total. The van der Waals surface area contributed by atoms with Crippen LogP contribution < -0.4 is 5.73 Å². The highest BCUT2D eigenvalue weighted by molar-refractivity contribution is 5.75. The summed E-state index contributed by atoms with van der Waals surface area (Å²) in [5, 5.41) is 0. The van der Waals surface area contributed by atoms with Crippen LogP contribution in [-0.2, 0) is 11.3 Å². The topological polar surface area (TPSA) is 46.3 Å². The van der Waals surface area contributed by atoms with Gasteiger partial charge in [-0.25, -0.2) is 0 Å². The van der Waals surface area contributed by atoms with Crippen molar-refractivity contribution in [3.05, 3.63) is 35.4 Å². The standard InChI is InChI=1S/C15H20N2O/c1-3-7-15(18)17(2)12-14-9-5-4-8-13(14)10-6-11-16/h4-5,8-9H,3,7,11-12,16H2,1-2H3. The van der Waals surface area contributed by atoms with E-state index in [1.54, 1.807) is 4.90 Å². The van der Waals surface area contributed by atoms with Gasteiger partial charge in [0.25, 0.3) is 0 Å². The van der Waals surface area contributed by atoms with Crippen molar-refractivity contribution in [3.8, 4) is 11.8 Å². The summed E-state index contributed by atoms with van der Waals surface area (Å²) in [6, 6.07) is 7.85. The summed E-state index contributed by atoms with van der Waals surface area (Å²) in [6.07, 6.45) is 1.46. The molecule has 0 bridgehead atoms. The Morgan fingerprint density at radius 1 is 1.39 bits per heavy atom. The van der Waals surface area contributed by atoms with Gasteiger partial charge < -0.3 is 10.6 Å². The minimum Gasteiger partial charge on any atom is -0.341 e. The molecule has 1 aromatic carbocycles. The molecule has 0 spiro atoms. The van der Waals surface area contributed by atoms with Gasteiger partial charge in [-0.15, -0.1) is 0 Å². The lowest BCUT2D eigenvalue weighted by atomic mass is 10.1. The van der Waals surface area contributed by atoms with Crippen molar-refractivity contribution in [2.24, 2.45) is 5.73 Å². The van der Waals surface area contributed by atoms with Crippen molar-refractivity contribution >= 4 is 5.91 Å². The Kier molecular flexibility index (Phi) is 5.96. The van der Waals surface area contributed by atoms with Crippen LogP contribution in [0, 0.1) is 11.8 Å². The van der Waals surface area contributed by atoms with E-state index in [9.17, 15) is 4.79 Å². The molecule has 3 heteroatoms. The summed E-state index contributed by atoms with van der Waals surface area (Å²) >= 11 is 0. The van der Waals surface area contributed by atoms with Crippen LogP contribution in [0.5, 0.6) is 0 Å². The number of hydrogen-bond acceptors (Lipinski definition) is 2. The molecule has 0 unspecified atom stereocenters. The molecule has 0 aromatic heterocycles. The summed E-state index contributed by atoms with van der Waals surface area (Å²) in [5.41, 5.74) is 7.38. The summed E-state index contributed by atoms with van der Waals surface area (Å²) < 4.78 is 0. The first kappa shape index (κ1) is 14.3. The number of hydrogen-bond donors (Lipinski definition) is 1. The van der Waals surface area contributed by atoms with E-state index in [2.05, 4.69) is 11.8 Å². The third-order valence-electron chi connectivity index (χ3n) is 2.64. The molecule has 1 aromatic rings. The molecular formula is C15H20N2O. The molecule has 0 aliphatic rings. The summed E-state index contributed by atoms with van der Waals surface area (Å²) in [7, 11) is 1.82. The Hall–Kier alpha value is -1.79. The normalized spacial score (nSPS) is 9.50. The van der Waals surface area contributed by atoms with Crippen molar-refractivity contribution in [1.29, 1.82) is 0 Å². The SMILES string of the molecule is CCCC(=O)N(C)Cc1ccccc1C#CCN. The van der Waals surface area contributed by atoms with Gasteiger partial charge in [0.15, 0.2) is 0 Å². The van der Waals surface area contributed by atoms with E-state index in [1.807, 2.05) is 38.2 Å². The van der Waals surface area contributed by atoms with Crippen LogP contribution in [0.3, 0.4) is 0 Å². The highest BCUT2D eigenvalue weighted by atomic mass is 16.2. The molecule has 0 saturated carbocycles. The Morgan fingerprint density at radius 2 is 2.11 bits per heavy atom. The van der Waals surface area contributed by atoms with Crippen molar-refractivity contribution in [2.45, 2.75) is 26.3 Å². The van der Waals surface area contributed by atoms with Gasteiger partial charge in [-0.3, -0.25) is 4.79 Å². The molecule has 18 heavy (non-hydrogen) atoms. The van der Waals surface area contributed by atoms with Gasteiger partial charge in [-0.1, -0.05) is 37.0 Å².